The number of nitrogens with zero attached hydrogens (tertiary/aromatic N) is 1. The van der Waals surface area contributed by atoms with Crippen molar-refractivity contribution in [3.05, 3.63) is 11.6 Å². The second-order valence-electron chi connectivity index (χ2n) is 2.10. The number of rotatable bonds is 1. The van der Waals surface area contributed by atoms with Crippen molar-refractivity contribution in [3.8, 4) is 0 Å². The van der Waals surface area contributed by atoms with Gasteiger partial charge < -0.3 is 0 Å². The van der Waals surface area contributed by atoms with Gasteiger partial charge in [-0.05, 0) is 13.0 Å². The standard InChI is InChI=1S/C7H7NO2/c1-5(9)6-2-3-8-7(10)4-6/h2-3H,4H2,1H3. The number of amides is 1. The largest absolute Gasteiger partial charge is 0.295 e. The van der Waals surface area contributed by atoms with E-state index in [0.717, 1.165) is 0 Å². The molecule has 0 aromatic rings. The van der Waals surface area contributed by atoms with E-state index in [-0.39, 0.29) is 18.1 Å². The third-order valence-corrected chi connectivity index (χ3v) is 1.29. The summed E-state index contributed by atoms with van der Waals surface area (Å²) in [6, 6.07) is 0. The quantitative estimate of drug-likeness (QED) is 0.528. The zero-order valence-electron chi connectivity index (χ0n) is 5.63. The number of hydrogen-bond acceptors (Lipinski definition) is 2. The molecule has 0 bridgehead atoms. The van der Waals surface area contributed by atoms with Crippen molar-refractivity contribution in [2.75, 3.05) is 0 Å². The number of carbonyl (C=O) groups excluding carboxylic acids is 2. The van der Waals surface area contributed by atoms with Crippen molar-refractivity contribution in [3.63, 3.8) is 0 Å². The summed E-state index contributed by atoms with van der Waals surface area (Å²) in [7, 11) is 0. The van der Waals surface area contributed by atoms with E-state index in [1.807, 2.05) is 0 Å². The average Bonchev–Trinajstić information content (AvgIpc) is 1.88. The summed E-state index contributed by atoms with van der Waals surface area (Å²) < 4.78 is 0. The highest BCUT2D eigenvalue weighted by molar-refractivity contribution is 6.06. The zero-order chi connectivity index (χ0) is 7.56. The summed E-state index contributed by atoms with van der Waals surface area (Å²) in [5.41, 5.74) is 0.542. The van der Waals surface area contributed by atoms with Crippen molar-refractivity contribution in [2.45, 2.75) is 13.3 Å². The molecule has 0 fully saturated rings. The van der Waals surface area contributed by atoms with Gasteiger partial charge in [0.2, 0.25) is 5.91 Å². The normalized spacial score (nSPS) is 16.9. The Kier molecular flexibility index (Phi) is 1.76. The van der Waals surface area contributed by atoms with Gasteiger partial charge in [0.25, 0.3) is 0 Å². The van der Waals surface area contributed by atoms with Crippen molar-refractivity contribution >= 4 is 17.9 Å². The molecule has 0 N–H and O–H groups in total. The van der Waals surface area contributed by atoms with Crippen LogP contribution in [0.5, 0.6) is 0 Å². The van der Waals surface area contributed by atoms with Gasteiger partial charge in [-0.25, -0.2) is 4.99 Å². The van der Waals surface area contributed by atoms with Crippen LogP contribution in [0.3, 0.4) is 0 Å². The van der Waals surface area contributed by atoms with Crippen LogP contribution in [0.15, 0.2) is 16.6 Å². The van der Waals surface area contributed by atoms with Gasteiger partial charge in [-0.3, -0.25) is 9.59 Å². The molecule has 1 amide bonds. The number of carbonyl (C=O) groups is 2. The molecule has 1 aliphatic rings. The van der Waals surface area contributed by atoms with E-state index >= 15 is 0 Å². The molecule has 10 heavy (non-hydrogen) atoms. The van der Waals surface area contributed by atoms with Crippen molar-refractivity contribution in [1.29, 1.82) is 0 Å². The molecule has 0 atom stereocenters. The molecule has 3 nitrogen and oxygen atoms in total. The Morgan fingerprint density at radius 1 is 1.70 bits per heavy atom. The van der Waals surface area contributed by atoms with Crippen molar-refractivity contribution in [2.24, 2.45) is 4.99 Å². The molecule has 0 aliphatic carbocycles. The molecule has 3 heteroatoms. The topological polar surface area (TPSA) is 46.5 Å². The summed E-state index contributed by atoms with van der Waals surface area (Å²) >= 11 is 0. The van der Waals surface area contributed by atoms with Crippen LogP contribution in [-0.2, 0) is 9.59 Å². The highest BCUT2D eigenvalue weighted by Gasteiger charge is 2.10. The van der Waals surface area contributed by atoms with Gasteiger partial charge in [0.1, 0.15) is 0 Å². The lowest BCUT2D eigenvalue weighted by Gasteiger charge is -2.01. The number of Topliss-reactive ketones (excluding diaryl/α,β-unsaturated/α-hetero) is 1. The first kappa shape index (κ1) is 6.86. The van der Waals surface area contributed by atoms with Gasteiger partial charge in [-0.2, -0.15) is 0 Å². The molecule has 1 rings (SSSR count). The molecule has 0 aromatic heterocycles. The molecular formula is C7H7NO2. The molecule has 0 spiro atoms. The summed E-state index contributed by atoms with van der Waals surface area (Å²) in [6.45, 7) is 1.44. The van der Waals surface area contributed by atoms with Gasteiger partial charge >= 0.3 is 0 Å². The minimum Gasteiger partial charge on any atom is -0.295 e. The second-order valence-corrected chi connectivity index (χ2v) is 2.10. The number of hydrogen-bond donors (Lipinski definition) is 0. The van der Waals surface area contributed by atoms with E-state index < -0.39 is 0 Å². The first-order valence-corrected chi connectivity index (χ1v) is 2.97. The molecular weight excluding hydrogens is 130 g/mol. The van der Waals surface area contributed by atoms with Crippen molar-refractivity contribution < 1.29 is 9.59 Å². The lowest BCUT2D eigenvalue weighted by molar-refractivity contribution is -0.119. The minimum atomic E-state index is -0.243. The molecule has 1 heterocycles. The van der Waals surface area contributed by atoms with E-state index in [1.54, 1.807) is 6.08 Å². The summed E-state index contributed by atoms with van der Waals surface area (Å²) in [4.78, 5) is 24.7. The molecule has 1 aliphatic heterocycles. The second kappa shape index (κ2) is 2.56. The van der Waals surface area contributed by atoms with E-state index in [1.165, 1.54) is 13.1 Å². The van der Waals surface area contributed by atoms with Gasteiger partial charge in [-0.15, -0.1) is 0 Å². The van der Waals surface area contributed by atoms with Gasteiger partial charge in [0, 0.05) is 11.8 Å². The Labute approximate surface area is 58.5 Å². The van der Waals surface area contributed by atoms with Crippen molar-refractivity contribution in [1.82, 2.24) is 0 Å². The zero-order valence-corrected chi connectivity index (χ0v) is 5.63. The molecule has 52 valence electrons. The third kappa shape index (κ3) is 1.37. The van der Waals surface area contributed by atoms with E-state index in [9.17, 15) is 9.59 Å². The molecule has 0 saturated heterocycles. The van der Waals surface area contributed by atoms with Crippen LogP contribution in [0.4, 0.5) is 0 Å². The Morgan fingerprint density at radius 3 is 2.80 bits per heavy atom. The number of ketones is 1. The Morgan fingerprint density at radius 2 is 2.40 bits per heavy atom. The van der Waals surface area contributed by atoms with Crippen LogP contribution in [0.25, 0.3) is 0 Å². The van der Waals surface area contributed by atoms with Gasteiger partial charge in [0.05, 0.1) is 6.42 Å². The van der Waals surface area contributed by atoms with Gasteiger partial charge in [0.15, 0.2) is 5.78 Å². The van der Waals surface area contributed by atoms with Crippen LogP contribution in [0, 0.1) is 0 Å². The molecule has 0 radical (unpaired) electrons. The monoisotopic (exact) mass is 137 g/mol. The fraction of sp³-hybridized carbons (Fsp3) is 0.286. The fourth-order valence-corrected chi connectivity index (χ4v) is 0.720. The predicted octanol–water partition coefficient (Wildman–Crippen LogP) is 0.503. The lowest BCUT2D eigenvalue weighted by Crippen LogP contribution is -2.07. The Balaban J connectivity index is 2.80. The summed E-state index contributed by atoms with van der Waals surface area (Å²) in [6.07, 6.45) is 3.10. The van der Waals surface area contributed by atoms with Crippen LogP contribution in [0.1, 0.15) is 13.3 Å². The number of allylic oxidation sites excluding steroid dienone is 1. The van der Waals surface area contributed by atoms with Crippen LogP contribution in [0.2, 0.25) is 0 Å². The smallest absolute Gasteiger partial charge is 0.250 e. The number of dihydropyridines is 1. The molecule has 0 aromatic carbocycles. The first-order valence-electron chi connectivity index (χ1n) is 2.97. The van der Waals surface area contributed by atoms with Gasteiger partial charge in [-0.1, -0.05) is 0 Å². The first-order chi connectivity index (χ1) is 4.70. The summed E-state index contributed by atoms with van der Waals surface area (Å²) in [5, 5.41) is 0. The van der Waals surface area contributed by atoms with Crippen LogP contribution < -0.4 is 0 Å². The highest BCUT2D eigenvalue weighted by atomic mass is 16.1. The third-order valence-electron chi connectivity index (χ3n) is 1.29. The fourth-order valence-electron chi connectivity index (χ4n) is 0.720. The SMILES string of the molecule is CC(=O)C1=CC=NC(=O)C1. The lowest BCUT2D eigenvalue weighted by atomic mass is 10.1. The van der Waals surface area contributed by atoms with E-state index in [0.29, 0.717) is 5.57 Å². The Hall–Kier alpha value is -1.25. The maximum Gasteiger partial charge on any atom is 0.250 e. The predicted molar refractivity (Wildman–Crippen MR) is 36.9 cm³/mol. The average molecular weight is 137 g/mol. The van der Waals surface area contributed by atoms with E-state index in [2.05, 4.69) is 4.99 Å². The van der Waals surface area contributed by atoms with Crippen LogP contribution >= 0.6 is 0 Å². The minimum absolute atomic E-state index is 0.0560. The molecule has 0 saturated carbocycles. The van der Waals surface area contributed by atoms with E-state index in [4.69, 9.17) is 0 Å². The maximum absolute atomic E-state index is 10.7. The summed E-state index contributed by atoms with van der Waals surface area (Å²) in [5.74, 6) is -0.299. The number of aliphatic imine (C=N–C) groups is 1. The Bertz CT molecular complexity index is 238. The maximum atomic E-state index is 10.7. The highest BCUT2D eigenvalue weighted by Crippen LogP contribution is 2.06. The van der Waals surface area contributed by atoms with Crippen LogP contribution in [-0.4, -0.2) is 17.9 Å². The molecule has 0 unspecified atom stereocenters.